The molecule has 1 heteroatoms. The second kappa shape index (κ2) is 6.77. The van der Waals surface area contributed by atoms with Crippen molar-refractivity contribution in [1.82, 2.24) is 4.98 Å². The predicted molar refractivity (Wildman–Crippen MR) is 134 cm³/mol. The molecule has 0 unspecified atom stereocenters. The van der Waals surface area contributed by atoms with Gasteiger partial charge >= 0.3 is 0 Å². The molecule has 0 atom stereocenters. The minimum atomic E-state index is 1.07. The number of nitrogens with zero attached hydrogens (tertiary/aromatic N) is 1. The average molecular weight is 408 g/mol. The van der Waals surface area contributed by atoms with Crippen molar-refractivity contribution in [3.63, 3.8) is 0 Å². The van der Waals surface area contributed by atoms with E-state index in [1.54, 1.807) is 0 Å². The molecule has 32 heavy (non-hydrogen) atoms. The summed E-state index contributed by atoms with van der Waals surface area (Å²) in [6.07, 6.45) is 6.53. The Morgan fingerprint density at radius 3 is 2.09 bits per heavy atom. The van der Waals surface area contributed by atoms with Crippen LogP contribution < -0.4 is 10.4 Å². The zero-order valence-electron chi connectivity index (χ0n) is 17.7. The SMILES string of the molecule is C1=c2c(-c3ccc(-c4ccccc4)cc3)c3ccccc3c3c2=C(CC1)c1cccnc1-3. The number of rotatable bonds is 2. The molecule has 0 fully saturated rings. The second-order valence-corrected chi connectivity index (χ2v) is 8.65. The first-order chi connectivity index (χ1) is 15.9. The summed E-state index contributed by atoms with van der Waals surface area (Å²) in [6.45, 7) is 0. The quantitative estimate of drug-likeness (QED) is 0.334. The molecule has 150 valence electrons. The molecule has 5 aromatic rings. The minimum absolute atomic E-state index is 1.07. The van der Waals surface area contributed by atoms with E-state index in [2.05, 4.69) is 97.1 Å². The smallest absolute Gasteiger partial charge is 0.0789 e. The van der Waals surface area contributed by atoms with Crippen LogP contribution >= 0.6 is 0 Å². The van der Waals surface area contributed by atoms with Gasteiger partial charge < -0.3 is 0 Å². The highest BCUT2D eigenvalue weighted by Crippen LogP contribution is 2.39. The molecule has 7 rings (SSSR count). The lowest BCUT2D eigenvalue weighted by Gasteiger charge is -2.15. The van der Waals surface area contributed by atoms with Gasteiger partial charge in [0.2, 0.25) is 0 Å². The molecule has 0 bridgehead atoms. The zero-order valence-corrected chi connectivity index (χ0v) is 17.7. The molecule has 0 N–H and O–H groups in total. The van der Waals surface area contributed by atoms with Gasteiger partial charge in [-0.05, 0) is 67.9 Å². The molecule has 1 heterocycles. The lowest BCUT2D eigenvalue weighted by molar-refractivity contribution is 1.09. The van der Waals surface area contributed by atoms with Gasteiger partial charge in [0.1, 0.15) is 0 Å². The lowest BCUT2D eigenvalue weighted by Crippen LogP contribution is -2.32. The molecular formula is C31H21N. The van der Waals surface area contributed by atoms with Crippen LogP contribution in [0.4, 0.5) is 0 Å². The van der Waals surface area contributed by atoms with Crippen LogP contribution in [0.3, 0.4) is 0 Å². The maximum Gasteiger partial charge on any atom is 0.0789 e. The summed E-state index contributed by atoms with van der Waals surface area (Å²) < 4.78 is 0. The van der Waals surface area contributed by atoms with E-state index in [1.165, 1.54) is 60.2 Å². The highest BCUT2D eigenvalue weighted by molar-refractivity contribution is 6.09. The third kappa shape index (κ3) is 2.42. The van der Waals surface area contributed by atoms with Crippen molar-refractivity contribution in [1.29, 1.82) is 0 Å². The summed E-state index contributed by atoms with van der Waals surface area (Å²) in [4.78, 5) is 4.83. The first-order valence-electron chi connectivity index (χ1n) is 11.3. The lowest BCUT2D eigenvalue weighted by atomic mass is 9.88. The fourth-order valence-electron chi connectivity index (χ4n) is 5.60. The zero-order chi connectivity index (χ0) is 21.1. The van der Waals surface area contributed by atoms with Gasteiger partial charge in [0.05, 0.1) is 5.69 Å². The van der Waals surface area contributed by atoms with Crippen molar-refractivity contribution in [2.75, 3.05) is 0 Å². The monoisotopic (exact) mass is 407 g/mol. The first kappa shape index (κ1) is 17.7. The van der Waals surface area contributed by atoms with Crippen LogP contribution in [0.2, 0.25) is 0 Å². The third-order valence-electron chi connectivity index (χ3n) is 6.95. The van der Waals surface area contributed by atoms with E-state index < -0.39 is 0 Å². The average Bonchev–Trinajstić information content (AvgIpc) is 3.21. The van der Waals surface area contributed by atoms with Crippen molar-refractivity contribution in [3.05, 3.63) is 113 Å². The number of hydrogen-bond donors (Lipinski definition) is 0. The van der Waals surface area contributed by atoms with Crippen LogP contribution in [0, 0.1) is 0 Å². The van der Waals surface area contributed by atoms with Crippen LogP contribution in [-0.4, -0.2) is 4.98 Å². The first-order valence-corrected chi connectivity index (χ1v) is 11.3. The van der Waals surface area contributed by atoms with Crippen LogP contribution in [0.15, 0.2) is 97.2 Å². The Morgan fingerprint density at radius 2 is 1.28 bits per heavy atom. The van der Waals surface area contributed by atoms with Crippen LogP contribution in [-0.2, 0) is 0 Å². The summed E-state index contributed by atoms with van der Waals surface area (Å²) in [5, 5.41) is 5.40. The van der Waals surface area contributed by atoms with E-state index >= 15 is 0 Å². The molecular weight excluding hydrogens is 386 g/mol. The van der Waals surface area contributed by atoms with Gasteiger partial charge in [-0.3, -0.25) is 4.98 Å². The van der Waals surface area contributed by atoms with Gasteiger partial charge in [-0.2, -0.15) is 0 Å². The van der Waals surface area contributed by atoms with Gasteiger partial charge in [-0.25, -0.2) is 0 Å². The van der Waals surface area contributed by atoms with Crippen molar-refractivity contribution in [2.45, 2.75) is 12.8 Å². The van der Waals surface area contributed by atoms with Gasteiger partial charge in [-0.1, -0.05) is 91.0 Å². The van der Waals surface area contributed by atoms with E-state index in [4.69, 9.17) is 4.98 Å². The highest BCUT2D eigenvalue weighted by Gasteiger charge is 2.27. The Kier molecular flexibility index (Phi) is 3.74. The molecule has 2 aliphatic rings. The highest BCUT2D eigenvalue weighted by atomic mass is 14.7. The fraction of sp³-hybridized carbons (Fsp3) is 0.0645. The molecule has 2 aliphatic carbocycles. The Bertz CT molecular complexity index is 1640. The fourth-order valence-corrected chi connectivity index (χ4v) is 5.60. The normalized spacial score (nSPS) is 13.6. The topological polar surface area (TPSA) is 12.9 Å². The van der Waals surface area contributed by atoms with E-state index in [0.717, 1.165) is 18.5 Å². The Hall–Kier alpha value is -3.97. The predicted octanol–water partition coefficient (Wildman–Crippen LogP) is 6.32. The van der Waals surface area contributed by atoms with E-state index in [9.17, 15) is 0 Å². The Labute approximate surface area is 187 Å². The molecule has 0 amide bonds. The molecule has 1 nitrogen and oxygen atoms in total. The summed E-state index contributed by atoms with van der Waals surface area (Å²) in [5.41, 5.74) is 10.4. The van der Waals surface area contributed by atoms with E-state index in [-0.39, 0.29) is 0 Å². The third-order valence-corrected chi connectivity index (χ3v) is 6.95. The largest absolute Gasteiger partial charge is 0.256 e. The molecule has 0 saturated carbocycles. The summed E-state index contributed by atoms with van der Waals surface area (Å²) >= 11 is 0. The van der Waals surface area contributed by atoms with Crippen LogP contribution in [0.5, 0.6) is 0 Å². The van der Waals surface area contributed by atoms with Crippen molar-refractivity contribution < 1.29 is 0 Å². The number of fused-ring (bicyclic) bond motifs is 5. The standard InChI is InChI=1S/C31H21N/c1-2-8-20(9-3-1)21-15-17-22(18-16-21)28-23-10-4-5-11-24(23)30-29-25(12-6-13-27(28)29)26-14-7-19-32-31(26)30/h1-5,7-11,13-19H,6,12H2. The summed E-state index contributed by atoms with van der Waals surface area (Å²) in [5.74, 6) is 0. The van der Waals surface area contributed by atoms with Crippen molar-refractivity contribution >= 4 is 22.4 Å². The van der Waals surface area contributed by atoms with Crippen LogP contribution in [0.1, 0.15) is 18.4 Å². The molecule has 0 aliphatic heterocycles. The van der Waals surface area contributed by atoms with Gasteiger partial charge in [0, 0.05) is 17.3 Å². The Morgan fingerprint density at radius 1 is 0.594 bits per heavy atom. The minimum Gasteiger partial charge on any atom is -0.256 e. The maximum absolute atomic E-state index is 4.83. The second-order valence-electron chi connectivity index (χ2n) is 8.65. The van der Waals surface area contributed by atoms with Crippen molar-refractivity contribution in [3.8, 4) is 33.5 Å². The number of benzene rings is 4. The van der Waals surface area contributed by atoms with Crippen molar-refractivity contribution in [2.24, 2.45) is 0 Å². The van der Waals surface area contributed by atoms with E-state index in [0.29, 0.717) is 0 Å². The summed E-state index contributed by atoms with van der Waals surface area (Å²) in [6, 6.07) is 32.8. The van der Waals surface area contributed by atoms with E-state index in [1.807, 2.05) is 6.20 Å². The van der Waals surface area contributed by atoms with Crippen LogP contribution in [0.25, 0.3) is 55.9 Å². The maximum atomic E-state index is 4.83. The molecule has 0 spiro atoms. The number of hydrogen-bond acceptors (Lipinski definition) is 1. The number of pyridine rings is 1. The van der Waals surface area contributed by atoms with Gasteiger partial charge in [0.25, 0.3) is 0 Å². The van der Waals surface area contributed by atoms with Gasteiger partial charge in [0.15, 0.2) is 0 Å². The van der Waals surface area contributed by atoms with Gasteiger partial charge in [-0.15, -0.1) is 0 Å². The molecule has 0 saturated heterocycles. The molecule has 1 aromatic heterocycles. The molecule has 0 radical (unpaired) electrons. The number of aromatic nitrogens is 1. The molecule has 4 aromatic carbocycles. The summed E-state index contributed by atoms with van der Waals surface area (Å²) in [7, 11) is 0. The Balaban J connectivity index is 1.56.